The summed E-state index contributed by atoms with van der Waals surface area (Å²) in [6.07, 6.45) is 12.1. The van der Waals surface area contributed by atoms with Crippen LogP contribution < -0.4 is 15.9 Å². The average molecular weight is 563 g/mol. The molecular weight excluding hydrogens is 523 g/mol. The molecular formula is C33H39O4PS. The van der Waals surface area contributed by atoms with Gasteiger partial charge >= 0.3 is 0 Å². The van der Waals surface area contributed by atoms with E-state index >= 15 is 0 Å². The lowest BCUT2D eigenvalue weighted by molar-refractivity contribution is 0.366. The van der Waals surface area contributed by atoms with Crippen molar-refractivity contribution < 1.29 is 17.5 Å². The second-order valence-electron chi connectivity index (χ2n) is 10.6. The third-order valence-corrected chi connectivity index (χ3v) is 11.6. The molecule has 3 aromatic carbocycles. The van der Waals surface area contributed by atoms with Crippen LogP contribution in [0.2, 0.25) is 0 Å². The Labute approximate surface area is 235 Å². The lowest BCUT2D eigenvalue weighted by Gasteiger charge is -2.33. The van der Waals surface area contributed by atoms with Crippen molar-refractivity contribution in [3.05, 3.63) is 126 Å². The predicted molar refractivity (Wildman–Crippen MR) is 166 cm³/mol. The number of hydrogen-bond donors (Lipinski definition) is 1. The summed E-state index contributed by atoms with van der Waals surface area (Å²) in [5.41, 5.74) is 4.70. The Kier molecular flexibility index (Phi) is 10.6. The van der Waals surface area contributed by atoms with E-state index in [0.29, 0.717) is 0 Å². The van der Waals surface area contributed by atoms with Gasteiger partial charge in [0.25, 0.3) is 0 Å². The van der Waals surface area contributed by atoms with Crippen LogP contribution in [0.3, 0.4) is 0 Å². The summed E-state index contributed by atoms with van der Waals surface area (Å²) in [7, 11) is -6.74. The fourth-order valence-corrected chi connectivity index (χ4v) is 9.52. The van der Waals surface area contributed by atoms with Gasteiger partial charge in [-0.25, -0.2) is 8.42 Å². The molecule has 6 heteroatoms. The molecule has 0 bridgehead atoms. The monoisotopic (exact) mass is 562 g/mol. The van der Waals surface area contributed by atoms with Crippen molar-refractivity contribution in [2.45, 2.75) is 47.0 Å². The summed E-state index contributed by atoms with van der Waals surface area (Å²) in [5, 5.41) is 4.31. The molecule has 0 amide bonds. The maximum atomic E-state index is 8.63. The molecule has 4 nitrogen and oxygen atoms in total. The van der Waals surface area contributed by atoms with Gasteiger partial charge in [-0.1, -0.05) is 91.7 Å². The van der Waals surface area contributed by atoms with E-state index in [1.165, 1.54) is 46.3 Å². The summed E-state index contributed by atoms with van der Waals surface area (Å²) in [5.74, 6) is 0. The molecule has 0 saturated heterocycles. The summed E-state index contributed by atoms with van der Waals surface area (Å²) in [4.78, 5) is 0. The van der Waals surface area contributed by atoms with Gasteiger partial charge in [-0.05, 0) is 86.6 Å². The van der Waals surface area contributed by atoms with E-state index in [4.69, 9.17) is 17.5 Å². The first-order valence-corrected chi connectivity index (χ1v) is 16.6. The van der Waals surface area contributed by atoms with E-state index in [1.807, 2.05) is 0 Å². The van der Waals surface area contributed by atoms with Crippen molar-refractivity contribution >= 4 is 33.6 Å². The molecule has 206 valence electrons. The minimum atomic E-state index is -4.92. The van der Waals surface area contributed by atoms with E-state index in [2.05, 4.69) is 137 Å². The zero-order valence-corrected chi connectivity index (χ0v) is 25.0. The summed E-state index contributed by atoms with van der Waals surface area (Å²) < 4.78 is 32.8. The third-order valence-electron chi connectivity index (χ3n) is 7.33. The van der Waals surface area contributed by atoms with Gasteiger partial charge in [0.1, 0.15) is 23.2 Å². The fourth-order valence-electron chi connectivity index (χ4n) is 5.38. The van der Waals surface area contributed by atoms with E-state index < -0.39 is 17.7 Å². The molecule has 1 aliphatic rings. The van der Waals surface area contributed by atoms with Crippen molar-refractivity contribution in [3.63, 3.8) is 0 Å². The Bertz CT molecular complexity index is 1300. The Morgan fingerprint density at radius 3 is 1.69 bits per heavy atom. The van der Waals surface area contributed by atoms with Crippen LogP contribution in [0.4, 0.5) is 0 Å². The lowest BCUT2D eigenvalue weighted by atomic mass is 9.72. The highest BCUT2D eigenvalue weighted by molar-refractivity contribution is 7.95. The Morgan fingerprint density at radius 2 is 1.31 bits per heavy atom. The van der Waals surface area contributed by atoms with Gasteiger partial charge in [0, 0.05) is 0 Å². The maximum absolute atomic E-state index is 8.63. The van der Waals surface area contributed by atoms with Gasteiger partial charge < -0.3 is 4.55 Å². The molecule has 1 N–H and O–H groups in total. The van der Waals surface area contributed by atoms with Gasteiger partial charge in [0.05, 0.1) is 6.16 Å². The molecule has 3 aromatic rings. The molecule has 0 aliphatic heterocycles. The Balaban J connectivity index is 0.000000771. The highest BCUT2D eigenvalue weighted by atomic mass is 32.3. The van der Waals surface area contributed by atoms with Crippen LogP contribution in [0.5, 0.6) is 0 Å². The molecule has 39 heavy (non-hydrogen) atoms. The van der Waals surface area contributed by atoms with Gasteiger partial charge in [-0.3, -0.25) is 4.55 Å². The van der Waals surface area contributed by atoms with E-state index in [0.717, 1.165) is 6.16 Å². The molecule has 0 fully saturated rings. The van der Waals surface area contributed by atoms with Gasteiger partial charge in [0.15, 0.2) is 0 Å². The molecule has 0 saturated carbocycles. The largest absolute Gasteiger partial charge is 0.726 e. The van der Waals surface area contributed by atoms with E-state index in [9.17, 15) is 0 Å². The SMILES string of the molecule is CC(C=CC1=C(C)CCCC1(C)C)=CC[P+](c1ccccc1)(c1ccccc1)c1ccccc1.O=S(=O)([O-])O. The zero-order chi connectivity index (χ0) is 28.5. The summed E-state index contributed by atoms with van der Waals surface area (Å²) in [6, 6.07) is 33.4. The van der Waals surface area contributed by atoms with Crippen LogP contribution in [-0.4, -0.2) is 23.7 Å². The maximum Gasteiger partial charge on any atom is 0.215 e. The highest BCUT2D eigenvalue weighted by Gasteiger charge is 2.44. The van der Waals surface area contributed by atoms with Crippen molar-refractivity contribution in [2.24, 2.45) is 5.41 Å². The second kappa shape index (κ2) is 13.5. The van der Waals surface area contributed by atoms with Crippen molar-refractivity contribution in [3.8, 4) is 0 Å². The quantitative estimate of drug-likeness (QED) is 0.145. The first kappa shape index (κ1) is 30.7. The molecule has 0 aromatic heterocycles. The zero-order valence-electron chi connectivity index (χ0n) is 23.2. The second-order valence-corrected chi connectivity index (χ2v) is 15.0. The highest BCUT2D eigenvalue weighted by Crippen LogP contribution is 2.55. The molecule has 0 unspecified atom stereocenters. The smallest absolute Gasteiger partial charge is 0.215 e. The Hall–Kier alpha value is -2.82. The summed E-state index contributed by atoms with van der Waals surface area (Å²) >= 11 is 0. The number of allylic oxidation sites excluding steroid dienone is 6. The first-order valence-electron chi connectivity index (χ1n) is 13.2. The standard InChI is InChI=1S/C33H38P.H2O4S/c1-27(22-23-32-28(2)15-14-25-33(32,3)4)24-26-34(29-16-8-5-9-17-29,30-18-10-6-11-19-30)31-20-12-7-13-21-31;1-5(2,3)4/h5-13,16-24H,14-15,25-26H2,1-4H3;(H2,1,2,3,4)/q+1;/p-1. The first-order chi connectivity index (χ1) is 18.4. The molecule has 0 radical (unpaired) electrons. The van der Waals surface area contributed by atoms with Crippen molar-refractivity contribution in [1.29, 1.82) is 0 Å². The minimum absolute atomic E-state index is 0.272. The van der Waals surface area contributed by atoms with Crippen LogP contribution in [0.25, 0.3) is 0 Å². The number of benzene rings is 3. The average Bonchev–Trinajstić information content (AvgIpc) is 2.89. The van der Waals surface area contributed by atoms with Crippen molar-refractivity contribution in [1.82, 2.24) is 0 Å². The van der Waals surface area contributed by atoms with Gasteiger partial charge in [-0.2, -0.15) is 0 Å². The topological polar surface area (TPSA) is 77.4 Å². The number of rotatable bonds is 7. The van der Waals surface area contributed by atoms with E-state index in [-0.39, 0.29) is 5.41 Å². The van der Waals surface area contributed by atoms with Gasteiger partial charge in [0.2, 0.25) is 10.4 Å². The van der Waals surface area contributed by atoms with Crippen LogP contribution >= 0.6 is 7.26 Å². The fraction of sp³-hybridized carbons (Fsp3) is 0.273. The molecule has 4 rings (SSSR count). The van der Waals surface area contributed by atoms with Gasteiger partial charge in [-0.15, -0.1) is 0 Å². The number of hydrogen-bond acceptors (Lipinski definition) is 3. The van der Waals surface area contributed by atoms with Crippen LogP contribution in [0.1, 0.15) is 47.0 Å². The van der Waals surface area contributed by atoms with E-state index in [1.54, 1.807) is 5.57 Å². The molecule has 0 atom stereocenters. The minimum Gasteiger partial charge on any atom is -0.726 e. The van der Waals surface area contributed by atoms with Crippen LogP contribution in [0.15, 0.2) is 126 Å². The molecule has 0 heterocycles. The molecule has 0 spiro atoms. The molecule has 1 aliphatic carbocycles. The van der Waals surface area contributed by atoms with Crippen LogP contribution in [-0.2, 0) is 10.4 Å². The normalized spacial score (nSPS) is 16.1. The summed E-state index contributed by atoms with van der Waals surface area (Å²) in [6.45, 7) is 9.37. The lowest BCUT2D eigenvalue weighted by Crippen LogP contribution is -2.33. The predicted octanol–water partition coefficient (Wildman–Crippen LogP) is 7.01. The third kappa shape index (κ3) is 8.58. The Morgan fingerprint density at radius 1 is 0.897 bits per heavy atom. The van der Waals surface area contributed by atoms with Crippen LogP contribution in [0, 0.1) is 5.41 Å². The van der Waals surface area contributed by atoms with Crippen molar-refractivity contribution in [2.75, 3.05) is 6.16 Å².